The van der Waals surface area contributed by atoms with Crippen LogP contribution in [0.15, 0.2) is 36.4 Å². The van der Waals surface area contributed by atoms with E-state index in [9.17, 15) is 4.79 Å². The van der Waals surface area contributed by atoms with Crippen LogP contribution in [-0.4, -0.2) is 21.0 Å². The van der Waals surface area contributed by atoms with Crippen LogP contribution < -0.4 is 4.74 Å². The van der Waals surface area contributed by atoms with Crippen molar-refractivity contribution in [3.63, 3.8) is 0 Å². The van der Waals surface area contributed by atoms with Gasteiger partial charge < -0.3 is 4.74 Å². The summed E-state index contributed by atoms with van der Waals surface area (Å²) in [6, 6.07) is 11.1. The zero-order valence-corrected chi connectivity index (χ0v) is 14.5. The number of ether oxygens (including phenoxy) is 1. The van der Waals surface area contributed by atoms with Gasteiger partial charge in [0, 0.05) is 11.9 Å². The first-order valence-electron chi connectivity index (χ1n) is 7.83. The van der Waals surface area contributed by atoms with Gasteiger partial charge in [-0.05, 0) is 48.2 Å². The van der Waals surface area contributed by atoms with Crippen molar-refractivity contribution < 1.29 is 9.53 Å². The number of carbonyl (C=O) groups excluding carboxylic acids is 1. The highest BCUT2D eigenvalue weighted by Gasteiger charge is 2.15. The second kappa shape index (κ2) is 6.61. The lowest BCUT2D eigenvalue weighted by molar-refractivity contribution is -0.131. The van der Waals surface area contributed by atoms with Crippen LogP contribution in [0.2, 0.25) is 5.02 Å². The first-order chi connectivity index (χ1) is 11.5. The van der Waals surface area contributed by atoms with E-state index >= 15 is 0 Å². The van der Waals surface area contributed by atoms with Gasteiger partial charge in [-0.25, -0.2) is 0 Å². The number of nitrogens with zero attached hydrogens (tertiary/aromatic N) is 3. The number of esters is 1. The first-order valence-corrected chi connectivity index (χ1v) is 8.21. The van der Waals surface area contributed by atoms with Gasteiger partial charge in [0.15, 0.2) is 5.75 Å². The smallest absolute Gasteiger partial charge is 0.308 e. The summed E-state index contributed by atoms with van der Waals surface area (Å²) < 4.78 is 5.32. The van der Waals surface area contributed by atoms with E-state index < -0.39 is 0 Å². The number of halogens is 1. The molecule has 1 unspecified atom stereocenters. The van der Waals surface area contributed by atoms with E-state index in [1.165, 1.54) is 11.7 Å². The highest BCUT2D eigenvalue weighted by atomic mass is 35.5. The minimum absolute atomic E-state index is 0.382. The lowest BCUT2D eigenvalue weighted by Gasteiger charge is -2.13. The molecule has 3 rings (SSSR count). The average Bonchev–Trinajstić information content (AvgIpc) is 2.96. The molecule has 6 heteroatoms. The SMILES string of the molecule is CCC(C)c1ccc(OC(C)=O)c(-n2nc3ccc(Cl)cc3n2)c1. The zero-order chi connectivity index (χ0) is 17.3. The molecule has 0 aliphatic rings. The Morgan fingerprint density at radius 3 is 2.67 bits per heavy atom. The number of hydrogen-bond acceptors (Lipinski definition) is 4. The molecule has 0 radical (unpaired) electrons. The van der Waals surface area contributed by atoms with Gasteiger partial charge in [0.05, 0.1) is 0 Å². The maximum atomic E-state index is 11.4. The van der Waals surface area contributed by atoms with Gasteiger partial charge in [0.25, 0.3) is 0 Å². The molecule has 0 saturated carbocycles. The lowest BCUT2D eigenvalue weighted by atomic mass is 9.98. The minimum Gasteiger partial charge on any atom is -0.424 e. The molecule has 1 atom stereocenters. The van der Waals surface area contributed by atoms with E-state index in [1.807, 2.05) is 18.2 Å². The highest BCUT2D eigenvalue weighted by molar-refractivity contribution is 6.31. The molecule has 124 valence electrons. The summed E-state index contributed by atoms with van der Waals surface area (Å²) in [5, 5.41) is 9.54. The second-order valence-corrected chi connectivity index (χ2v) is 6.19. The van der Waals surface area contributed by atoms with Gasteiger partial charge in [-0.1, -0.05) is 31.5 Å². The van der Waals surface area contributed by atoms with Crippen molar-refractivity contribution in [2.75, 3.05) is 0 Å². The lowest BCUT2D eigenvalue weighted by Crippen LogP contribution is -2.08. The number of fused-ring (bicyclic) bond motifs is 1. The maximum Gasteiger partial charge on any atom is 0.308 e. The molecule has 0 aliphatic heterocycles. The third kappa shape index (κ3) is 3.26. The largest absolute Gasteiger partial charge is 0.424 e. The van der Waals surface area contributed by atoms with Crippen molar-refractivity contribution in [2.24, 2.45) is 0 Å². The van der Waals surface area contributed by atoms with Crippen molar-refractivity contribution in [3.8, 4) is 11.4 Å². The Bertz CT molecular complexity index is 904. The summed E-state index contributed by atoms with van der Waals surface area (Å²) in [6.45, 7) is 5.66. The van der Waals surface area contributed by atoms with Crippen LogP contribution in [0.4, 0.5) is 0 Å². The fourth-order valence-electron chi connectivity index (χ4n) is 2.47. The van der Waals surface area contributed by atoms with Crippen molar-refractivity contribution >= 4 is 28.6 Å². The number of rotatable bonds is 4. The fourth-order valence-corrected chi connectivity index (χ4v) is 2.64. The molecule has 0 saturated heterocycles. The molecule has 0 amide bonds. The topological polar surface area (TPSA) is 57.0 Å². The number of carbonyl (C=O) groups is 1. The molecule has 3 aromatic rings. The highest BCUT2D eigenvalue weighted by Crippen LogP contribution is 2.29. The van der Waals surface area contributed by atoms with Crippen LogP contribution >= 0.6 is 11.6 Å². The van der Waals surface area contributed by atoms with Gasteiger partial charge >= 0.3 is 5.97 Å². The summed E-state index contributed by atoms with van der Waals surface area (Å²) in [6.07, 6.45) is 1.01. The van der Waals surface area contributed by atoms with Crippen LogP contribution in [0.25, 0.3) is 16.7 Å². The van der Waals surface area contributed by atoms with Gasteiger partial charge in [0.2, 0.25) is 0 Å². The van der Waals surface area contributed by atoms with Gasteiger partial charge in [0.1, 0.15) is 16.7 Å². The quantitative estimate of drug-likeness (QED) is 0.516. The van der Waals surface area contributed by atoms with E-state index in [4.69, 9.17) is 16.3 Å². The normalized spacial score (nSPS) is 12.3. The second-order valence-electron chi connectivity index (χ2n) is 5.75. The molecule has 5 nitrogen and oxygen atoms in total. The first kappa shape index (κ1) is 16.5. The molecule has 0 fully saturated rings. The van der Waals surface area contributed by atoms with E-state index in [0.717, 1.165) is 17.5 Å². The molecule has 2 aromatic carbocycles. The van der Waals surface area contributed by atoms with Crippen LogP contribution in [0.5, 0.6) is 5.75 Å². The number of aromatic nitrogens is 3. The molecule has 24 heavy (non-hydrogen) atoms. The van der Waals surface area contributed by atoms with Crippen molar-refractivity contribution in [1.82, 2.24) is 15.0 Å². The predicted molar refractivity (Wildman–Crippen MR) is 93.9 cm³/mol. The fraction of sp³-hybridized carbons (Fsp3) is 0.278. The van der Waals surface area contributed by atoms with Gasteiger partial charge in [-0.2, -0.15) is 0 Å². The molecule has 1 heterocycles. The van der Waals surface area contributed by atoms with Crippen LogP contribution in [0, 0.1) is 0 Å². The van der Waals surface area contributed by atoms with E-state index in [-0.39, 0.29) is 5.97 Å². The molecule has 1 aromatic heterocycles. The van der Waals surface area contributed by atoms with E-state index in [0.29, 0.717) is 27.9 Å². The molecule has 0 spiro atoms. The Balaban J connectivity index is 2.15. The van der Waals surface area contributed by atoms with Crippen molar-refractivity contribution in [3.05, 3.63) is 47.0 Å². The molecule has 0 N–H and O–H groups in total. The van der Waals surface area contributed by atoms with E-state index in [1.54, 1.807) is 18.2 Å². The molecule has 0 aliphatic carbocycles. The van der Waals surface area contributed by atoms with Crippen LogP contribution in [0.1, 0.15) is 38.7 Å². The Labute approximate surface area is 145 Å². The summed E-state index contributed by atoms with van der Waals surface area (Å²) in [4.78, 5) is 12.9. The molecular weight excluding hydrogens is 326 g/mol. The Kier molecular flexibility index (Phi) is 4.53. The maximum absolute atomic E-state index is 11.4. The van der Waals surface area contributed by atoms with Gasteiger partial charge in [-0.3, -0.25) is 4.79 Å². The molecular formula is C18H18ClN3O2. The van der Waals surface area contributed by atoms with Crippen molar-refractivity contribution in [2.45, 2.75) is 33.1 Å². The standard InChI is InChI=1S/C18H18ClN3O2/c1-4-11(2)13-5-8-18(24-12(3)23)17(9-13)22-20-15-7-6-14(19)10-16(15)21-22/h5-11H,4H2,1-3H3. The monoisotopic (exact) mass is 343 g/mol. The van der Waals surface area contributed by atoms with Gasteiger partial charge in [-0.15, -0.1) is 15.0 Å². The Morgan fingerprint density at radius 1 is 1.21 bits per heavy atom. The summed E-state index contributed by atoms with van der Waals surface area (Å²) in [5.41, 5.74) is 3.19. The number of benzene rings is 2. The van der Waals surface area contributed by atoms with Crippen LogP contribution in [0.3, 0.4) is 0 Å². The Hall–Kier alpha value is -2.40. The predicted octanol–water partition coefficient (Wildman–Crippen LogP) is 4.51. The number of hydrogen-bond donors (Lipinski definition) is 0. The zero-order valence-electron chi connectivity index (χ0n) is 13.8. The third-order valence-corrected chi connectivity index (χ3v) is 4.21. The minimum atomic E-state index is -0.382. The third-order valence-electron chi connectivity index (χ3n) is 3.98. The molecule has 0 bridgehead atoms. The summed E-state index contributed by atoms with van der Waals surface area (Å²) in [5.74, 6) is 0.433. The van der Waals surface area contributed by atoms with E-state index in [2.05, 4.69) is 24.0 Å². The van der Waals surface area contributed by atoms with Crippen LogP contribution in [-0.2, 0) is 4.79 Å². The van der Waals surface area contributed by atoms with Crippen molar-refractivity contribution in [1.29, 1.82) is 0 Å². The summed E-state index contributed by atoms with van der Waals surface area (Å²) >= 11 is 6.01. The summed E-state index contributed by atoms with van der Waals surface area (Å²) in [7, 11) is 0. The Morgan fingerprint density at radius 2 is 1.96 bits per heavy atom. The average molecular weight is 344 g/mol.